The van der Waals surface area contributed by atoms with Crippen LogP contribution in [0.2, 0.25) is 0 Å². The van der Waals surface area contributed by atoms with Crippen molar-refractivity contribution >= 4 is 17.7 Å². The quantitative estimate of drug-likeness (QED) is 0.849. The molecule has 0 aromatic carbocycles. The summed E-state index contributed by atoms with van der Waals surface area (Å²) in [5.41, 5.74) is -4.19. The minimum Gasteiger partial charge on any atom is -0.481 e. The van der Waals surface area contributed by atoms with Gasteiger partial charge in [-0.2, -0.15) is 13.2 Å². The van der Waals surface area contributed by atoms with Crippen molar-refractivity contribution < 1.29 is 23.1 Å². The van der Waals surface area contributed by atoms with Crippen molar-refractivity contribution in [1.29, 1.82) is 0 Å². The Labute approximate surface area is 101 Å². The van der Waals surface area contributed by atoms with Crippen LogP contribution in [-0.4, -0.2) is 45.9 Å². The number of fused-ring (bicyclic) bond motifs is 2. The molecule has 2 aliphatic rings. The third-order valence-corrected chi connectivity index (χ3v) is 4.33. The highest BCUT2D eigenvalue weighted by Gasteiger charge is 2.48. The maximum absolute atomic E-state index is 12.0. The largest absolute Gasteiger partial charge is 0.481 e. The highest BCUT2D eigenvalue weighted by Crippen LogP contribution is 2.42. The molecule has 2 fully saturated rings. The summed E-state index contributed by atoms with van der Waals surface area (Å²) in [4.78, 5) is 12.9. The standard InChI is InChI=1S/C10H14F3NO2S/c11-10(12,13)17-4-3-14-6-1-2-8(14)7(5-6)9(15)16/h6-8H,1-5H2,(H,15,16). The molecule has 2 rings (SSSR count). The first kappa shape index (κ1) is 13.0. The van der Waals surface area contributed by atoms with Gasteiger partial charge in [-0.3, -0.25) is 9.69 Å². The fraction of sp³-hybridized carbons (Fsp3) is 0.900. The molecule has 2 aliphatic heterocycles. The number of rotatable bonds is 4. The maximum Gasteiger partial charge on any atom is 0.441 e. The van der Waals surface area contributed by atoms with E-state index in [4.69, 9.17) is 5.11 Å². The maximum atomic E-state index is 12.0. The fourth-order valence-electron chi connectivity index (χ4n) is 2.98. The van der Waals surface area contributed by atoms with E-state index in [1.54, 1.807) is 0 Å². The Hall–Kier alpha value is -0.430. The van der Waals surface area contributed by atoms with Crippen LogP contribution in [0.3, 0.4) is 0 Å². The van der Waals surface area contributed by atoms with Crippen molar-refractivity contribution in [3.63, 3.8) is 0 Å². The second-order valence-corrected chi connectivity index (χ2v) is 5.67. The van der Waals surface area contributed by atoms with Crippen LogP contribution in [-0.2, 0) is 4.79 Å². The van der Waals surface area contributed by atoms with E-state index >= 15 is 0 Å². The number of nitrogens with zero attached hydrogens (tertiary/aromatic N) is 1. The van der Waals surface area contributed by atoms with Crippen molar-refractivity contribution in [3.8, 4) is 0 Å². The smallest absolute Gasteiger partial charge is 0.441 e. The monoisotopic (exact) mass is 269 g/mol. The molecule has 17 heavy (non-hydrogen) atoms. The van der Waals surface area contributed by atoms with Gasteiger partial charge >= 0.3 is 11.5 Å². The molecule has 0 radical (unpaired) electrons. The highest BCUT2D eigenvalue weighted by molar-refractivity contribution is 8.00. The van der Waals surface area contributed by atoms with E-state index in [2.05, 4.69) is 0 Å². The van der Waals surface area contributed by atoms with Crippen LogP contribution in [0.15, 0.2) is 0 Å². The molecule has 2 saturated heterocycles. The molecule has 0 aromatic rings. The SMILES string of the molecule is O=C(O)C1CC2CCC1N2CCSC(F)(F)F. The summed E-state index contributed by atoms with van der Waals surface area (Å²) < 4.78 is 36.0. The van der Waals surface area contributed by atoms with E-state index in [9.17, 15) is 18.0 Å². The summed E-state index contributed by atoms with van der Waals surface area (Å²) >= 11 is -0.0272. The third-order valence-electron chi connectivity index (χ3n) is 3.61. The van der Waals surface area contributed by atoms with Gasteiger partial charge in [0.05, 0.1) is 5.92 Å². The molecular weight excluding hydrogens is 255 g/mol. The number of aliphatic carboxylic acids is 1. The predicted molar refractivity (Wildman–Crippen MR) is 57.8 cm³/mol. The molecule has 0 amide bonds. The summed E-state index contributed by atoms with van der Waals surface area (Å²) in [7, 11) is 0. The van der Waals surface area contributed by atoms with Crippen LogP contribution in [0.25, 0.3) is 0 Å². The average Bonchev–Trinajstić information content (AvgIpc) is 2.73. The molecule has 7 heteroatoms. The van der Waals surface area contributed by atoms with Crippen LogP contribution < -0.4 is 0 Å². The molecule has 3 nitrogen and oxygen atoms in total. The zero-order valence-electron chi connectivity index (χ0n) is 9.11. The summed E-state index contributed by atoms with van der Waals surface area (Å²) in [6, 6.07) is 0.126. The number of hydrogen-bond donors (Lipinski definition) is 1. The summed E-state index contributed by atoms with van der Waals surface area (Å²) in [5.74, 6) is -1.21. The van der Waals surface area contributed by atoms with Gasteiger partial charge in [-0.1, -0.05) is 0 Å². The van der Waals surface area contributed by atoms with Crippen molar-refractivity contribution in [1.82, 2.24) is 4.90 Å². The van der Waals surface area contributed by atoms with Crippen LogP contribution in [0.5, 0.6) is 0 Å². The molecule has 2 bridgehead atoms. The lowest BCUT2D eigenvalue weighted by Gasteiger charge is -2.22. The van der Waals surface area contributed by atoms with Gasteiger partial charge in [0.25, 0.3) is 0 Å². The van der Waals surface area contributed by atoms with Crippen molar-refractivity contribution in [2.75, 3.05) is 12.3 Å². The van der Waals surface area contributed by atoms with E-state index in [0.717, 1.165) is 12.8 Å². The van der Waals surface area contributed by atoms with Crippen LogP contribution in [0.4, 0.5) is 13.2 Å². The number of carboxylic acids is 1. The van der Waals surface area contributed by atoms with Crippen molar-refractivity contribution in [2.45, 2.75) is 36.9 Å². The lowest BCUT2D eigenvalue weighted by Crippen LogP contribution is -2.34. The first-order valence-electron chi connectivity index (χ1n) is 5.58. The highest BCUT2D eigenvalue weighted by atomic mass is 32.2. The number of halogens is 3. The van der Waals surface area contributed by atoms with Gasteiger partial charge in [0.15, 0.2) is 0 Å². The van der Waals surface area contributed by atoms with Gasteiger partial charge in [0.1, 0.15) is 0 Å². The van der Waals surface area contributed by atoms with Gasteiger partial charge in [-0.25, -0.2) is 0 Å². The van der Waals surface area contributed by atoms with Crippen LogP contribution in [0.1, 0.15) is 19.3 Å². The lowest BCUT2D eigenvalue weighted by molar-refractivity contribution is -0.142. The van der Waals surface area contributed by atoms with Crippen molar-refractivity contribution in [2.24, 2.45) is 5.92 Å². The Kier molecular flexibility index (Phi) is 3.58. The van der Waals surface area contributed by atoms with E-state index in [1.165, 1.54) is 0 Å². The summed E-state index contributed by atoms with van der Waals surface area (Å²) in [5, 5.41) is 9.00. The first-order chi connectivity index (χ1) is 7.88. The second-order valence-electron chi connectivity index (χ2n) is 4.51. The number of carboxylic acid groups (broad SMARTS) is 1. The third kappa shape index (κ3) is 2.88. The van der Waals surface area contributed by atoms with E-state index < -0.39 is 11.5 Å². The Bertz CT molecular complexity index is 310. The van der Waals surface area contributed by atoms with Gasteiger partial charge in [0.2, 0.25) is 0 Å². The Morgan fingerprint density at radius 2 is 2.12 bits per heavy atom. The summed E-state index contributed by atoms with van der Waals surface area (Å²) in [6.07, 6.45) is 2.32. The molecule has 0 spiro atoms. The van der Waals surface area contributed by atoms with Crippen molar-refractivity contribution in [3.05, 3.63) is 0 Å². The van der Waals surface area contributed by atoms with Gasteiger partial charge in [-0.15, -0.1) is 0 Å². The molecule has 3 atom stereocenters. The summed E-state index contributed by atoms with van der Waals surface area (Å²) in [6.45, 7) is 0.337. The van der Waals surface area contributed by atoms with E-state index in [-0.39, 0.29) is 35.5 Å². The van der Waals surface area contributed by atoms with Crippen LogP contribution in [0, 0.1) is 5.92 Å². The Morgan fingerprint density at radius 3 is 2.65 bits per heavy atom. The molecular formula is C10H14F3NO2S. The minimum absolute atomic E-state index is 0.0111. The molecule has 0 aromatic heterocycles. The molecule has 0 aliphatic carbocycles. The normalized spacial score (nSPS) is 33.2. The second kappa shape index (κ2) is 4.68. The van der Waals surface area contributed by atoms with Gasteiger partial charge in [-0.05, 0) is 31.0 Å². The van der Waals surface area contributed by atoms with E-state index in [1.807, 2.05) is 4.90 Å². The molecule has 1 N–H and O–H groups in total. The Balaban J connectivity index is 1.85. The number of hydrogen-bond acceptors (Lipinski definition) is 3. The minimum atomic E-state index is -4.19. The first-order valence-corrected chi connectivity index (χ1v) is 6.56. The number of alkyl halides is 3. The van der Waals surface area contributed by atoms with E-state index in [0.29, 0.717) is 13.0 Å². The predicted octanol–water partition coefficient (Wildman–Crippen LogP) is 2.18. The fourth-order valence-corrected chi connectivity index (χ4v) is 3.52. The van der Waals surface area contributed by atoms with Gasteiger partial charge < -0.3 is 5.11 Å². The average molecular weight is 269 g/mol. The number of carbonyl (C=O) groups is 1. The molecule has 0 saturated carbocycles. The topological polar surface area (TPSA) is 40.5 Å². The zero-order valence-corrected chi connectivity index (χ0v) is 9.93. The van der Waals surface area contributed by atoms with Gasteiger partial charge in [0, 0.05) is 24.4 Å². The molecule has 2 heterocycles. The lowest BCUT2D eigenvalue weighted by atomic mass is 9.89. The molecule has 98 valence electrons. The number of thioether (sulfide) groups is 1. The zero-order chi connectivity index (χ0) is 12.6. The Morgan fingerprint density at radius 1 is 1.41 bits per heavy atom. The van der Waals surface area contributed by atoms with Crippen LogP contribution >= 0.6 is 11.8 Å². The molecule has 3 unspecified atom stereocenters.